The smallest absolute Gasteiger partial charge is 0.256 e. The minimum atomic E-state index is -0.258. The van der Waals surface area contributed by atoms with Gasteiger partial charge in [-0.2, -0.15) is 5.10 Å². The number of benzene rings is 1. The Bertz CT molecular complexity index is 974. The van der Waals surface area contributed by atoms with Crippen molar-refractivity contribution < 1.29 is 4.79 Å². The van der Waals surface area contributed by atoms with E-state index in [0.29, 0.717) is 17.2 Å². The summed E-state index contributed by atoms with van der Waals surface area (Å²) in [5.74, 6) is 0.719. The standard InChI is InChI=1S/C15H11N7O/c23-15(10-2-3-11-12(6-10)17-8-16-11)21-13-7-14(19-9-18-13)22-5-1-4-20-22/h1-9H,(H,16,17)(H,18,19,21,23). The van der Waals surface area contributed by atoms with Crippen molar-refractivity contribution in [1.29, 1.82) is 0 Å². The summed E-state index contributed by atoms with van der Waals surface area (Å²) in [5.41, 5.74) is 2.13. The number of H-pyrrole nitrogens is 1. The number of nitrogens with zero attached hydrogens (tertiary/aromatic N) is 5. The molecule has 3 aromatic heterocycles. The van der Waals surface area contributed by atoms with E-state index in [1.807, 2.05) is 0 Å². The average Bonchev–Trinajstić information content (AvgIpc) is 3.26. The van der Waals surface area contributed by atoms with Gasteiger partial charge in [0.05, 0.1) is 17.4 Å². The quantitative estimate of drug-likeness (QED) is 0.601. The van der Waals surface area contributed by atoms with E-state index in [1.165, 1.54) is 6.33 Å². The molecule has 112 valence electrons. The van der Waals surface area contributed by atoms with Crippen molar-refractivity contribution in [3.63, 3.8) is 0 Å². The molecular weight excluding hydrogens is 294 g/mol. The average molecular weight is 305 g/mol. The Hall–Kier alpha value is -3.55. The van der Waals surface area contributed by atoms with Gasteiger partial charge in [0.15, 0.2) is 5.82 Å². The van der Waals surface area contributed by atoms with E-state index in [4.69, 9.17) is 0 Å². The van der Waals surface area contributed by atoms with Gasteiger partial charge in [-0.05, 0) is 24.3 Å². The number of aromatic amines is 1. The molecule has 4 rings (SSSR count). The molecule has 4 aromatic rings. The van der Waals surface area contributed by atoms with E-state index < -0.39 is 0 Å². The molecule has 0 unspecified atom stereocenters. The highest BCUT2D eigenvalue weighted by Gasteiger charge is 2.09. The summed E-state index contributed by atoms with van der Waals surface area (Å²) in [6.45, 7) is 0. The number of nitrogens with one attached hydrogen (secondary N) is 2. The third-order valence-corrected chi connectivity index (χ3v) is 3.32. The van der Waals surface area contributed by atoms with Gasteiger partial charge < -0.3 is 10.3 Å². The van der Waals surface area contributed by atoms with Gasteiger partial charge in [0, 0.05) is 24.0 Å². The van der Waals surface area contributed by atoms with Gasteiger partial charge in [0.2, 0.25) is 0 Å². The van der Waals surface area contributed by atoms with E-state index in [-0.39, 0.29) is 5.91 Å². The molecule has 0 spiro atoms. The molecule has 0 fully saturated rings. The van der Waals surface area contributed by atoms with Gasteiger partial charge in [-0.15, -0.1) is 0 Å². The van der Waals surface area contributed by atoms with E-state index in [1.54, 1.807) is 53.7 Å². The number of fused-ring (bicyclic) bond motifs is 1. The predicted octanol–water partition coefficient (Wildman–Crippen LogP) is 1.79. The summed E-state index contributed by atoms with van der Waals surface area (Å²) in [7, 11) is 0. The van der Waals surface area contributed by atoms with Crippen LogP contribution < -0.4 is 5.32 Å². The summed E-state index contributed by atoms with van der Waals surface area (Å²) in [6, 6.07) is 8.69. The lowest BCUT2D eigenvalue weighted by atomic mass is 10.2. The van der Waals surface area contributed by atoms with Crippen molar-refractivity contribution in [1.82, 2.24) is 29.7 Å². The molecule has 8 heteroatoms. The lowest BCUT2D eigenvalue weighted by molar-refractivity contribution is 0.102. The van der Waals surface area contributed by atoms with Crippen LogP contribution in [0.1, 0.15) is 10.4 Å². The molecule has 0 bridgehead atoms. The monoisotopic (exact) mass is 305 g/mol. The van der Waals surface area contributed by atoms with Crippen LogP contribution in [0.5, 0.6) is 0 Å². The van der Waals surface area contributed by atoms with E-state index in [9.17, 15) is 4.79 Å². The third kappa shape index (κ3) is 2.53. The molecule has 2 N–H and O–H groups in total. The molecule has 0 radical (unpaired) electrons. The molecule has 0 aliphatic heterocycles. The summed E-state index contributed by atoms with van der Waals surface area (Å²) in [4.78, 5) is 27.6. The molecule has 0 aliphatic rings. The summed E-state index contributed by atoms with van der Waals surface area (Å²) in [6.07, 6.45) is 6.39. The first-order chi connectivity index (χ1) is 11.3. The summed E-state index contributed by atoms with van der Waals surface area (Å²) < 4.78 is 1.59. The molecule has 0 saturated heterocycles. The Morgan fingerprint density at radius 2 is 2.13 bits per heavy atom. The Balaban J connectivity index is 1.59. The van der Waals surface area contributed by atoms with Crippen LogP contribution in [-0.4, -0.2) is 35.6 Å². The number of carbonyl (C=O) groups excluding carboxylic acids is 1. The van der Waals surface area contributed by atoms with Gasteiger partial charge in [0.25, 0.3) is 5.91 Å². The second kappa shape index (κ2) is 5.34. The largest absolute Gasteiger partial charge is 0.345 e. The lowest BCUT2D eigenvalue weighted by Gasteiger charge is -2.06. The summed E-state index contributed by atoms with van der Waals surface area (Å²) >= 11 is 0. The molecule has 1 aromatic carbocycles. The molecule has 3 heterocycles. The Labute approximate surface area is 130 Å². The molecule has 8 nitrogen and oxygen atoms in total. The highest BCUT2D eigenvalue weighted by molar-refractivity contribution is 6.05. The topological polar surface area (TPSA) is 101 Å². The van der Waals surface area contributed by atoms with Crippen LogP contribution in [0, 0.1) is 0 Å². The zero-order valence-electron chi connectivity index (χ0n) is 11.8. The van der Waals surface area contributed by atoms with Crippen molar-refractivity contribution in [2.45, 2.75) is 0 Å². The molecule has 0 aliphatic carbocycles. The molecule has 0 atom stereocenters. The van der Waals surface area contributed by atoms with Gasteiger partial charge in [-0.3, -0.25) is 4.79 Å². The maximum absolute atomic E-state index is 12.3. The van der Waals surface area contributed by atoms with Crippen LogP contribution in [0.2, 0.25) is 0 Å². The first-order valence-electron chi connectivity index (χ1n) is 6.86. The lowest BCUT2D eigenvalue weighted by Crippen LogP contribution is -2.13. The number of aromatic nitrogens is 6. The zero-order chi connectivity index (χ0) is 15.6. The first-order valence-corrected chi connectivity index (χ1v) is 6.86. The Morgan fingerprint density at radius 1 is 1.17 bits per heavy atom. The second-order valence-corrected chi connectivity index (χ2v) is 4.80. The third-order valence-electron chi connectivity index (χ3n) is 3.32. The number of imidazole rings is 1. The number of amides is 1. The Kier molecular flexibility index (Phi) is 3.05. The minimum absolute atomic E-state index is 0.258. The zero-order valence-corrected chi connectivity index (χ0v) is 11.8. The Morgan fingerprint density at radius 3 is 3.00 bits per heavy atom. The van der Waals surface area contributed by atoms with Crippen molar-refractivity contribution in [2.75, 3.05) is 5.32 Å². The van der Waals surface area contributed by atoms with E-state index >= 15 is 0 Å². The number of hydrogen-bond donors (Lipinski definition) is 2. The van der Waals surface area contributed by atoms with Gasteiger partial charge in [0.1, 0.15) is 12.1 Å². The normalized spacial score (nSPS) is 10.8. The van der Waals surface area contributed by atoms with Crippen LogP contribution in [0.25, 0.3) is 16.9 Å². The number of anilines is 1. The fraction of sp³-hybridized carbons (Fsp3) is 0. The second-order valence-electron chi connectivity index (χ2n) is 4.80. The molecule has 0 saturated carbocycles. The maximum Gasteiger partial charge on any atom is 0.256 e. The minimum Gasteiger partial charge on any atom is -0.345 e. The first kappa shape index (κ1) is 13.1. The van der Waals surface area contributed by atoms with Crippen molar-refractivity contribution in [2.24, 2.45) is 0 Å². The molecule has 1 amide bonds. The van der Waals surface area contributed by atoms with Crippen molar-refractivity contribution in [3.8, 4) is 5.82 Å². The maximum atomic E-state index is 12.3. The molecular formula is C15H11N7O. The van der Waals surface area contributed by atoms with Gasteiger partial charge >= 0.3 is 0 Å². The van der Waals surface area contributed by atoms with Crippen molar-refractivity contribution >= 4 is 22.8 Å². The van der Waals surface area contributed by atoms with Crippen molar-refractivity contribution in [3.05, 3.63) is 60.9 Å². The number of hydrogen-bond acceptors (Lipinski definition) is 5. The predicted molar refractivity (Wildman–Crippen MR) is 83.2 cm³/mol. The fourth-order valence-electron chi connectivity index (χ4n) is 2.21. The summed E-state index contributed by atoms with van der Waals surface area (Å²) in [5, 5.41) is 6.85. The number of rotatable bonds is 3. The van der Waals surface area contributed by atoms with Crippen LogP contribution in [0.3, 0.4) is 0 Å². The highest BCUT2D eigenvalue weighted by atomic mass is 16.1. The van der Waals surface area contributed by atoms with Crippen LogP contribution in [0.4, 0.5) is 5.82 Å². The number of carbonyl (C=O) groups is 1. The highest BCUT2D eigenvalue weighted by Crippen LogP contribution is 2.14. The van der Waals surface area contributed by atoms with Gasteiger partial charge in [-0.1, -0.05) is 0 Å². The van der Waals surface area contributed by atoms with Gasteiger partial charge in [-0.25, -0.2) is 19.6 Å². The van der Waals surface area contributed by atoms with Crippen LogP contribution in [-0.2, 0) is 0 Å². The SMILES string of the molecule is O=C(Nc1cc(-n2cccn2)ncn1)c1ccc2nc[nH]c2c1. The fourth-order valence-corrected chi connectivity index (χ4v) is 2.21. The van der Waals surface area contributed by atoms with E-state index in [2.05, 4.69) is 30.4 Å². The molecule has 23 heavy (non-hydrogen) atoms. The van der Waals surface area contributed by atoms with E-state index in [0.717, 1.165) is 11.0 Å². The van der Waals surface area contributed by atoms with Crippen LogP contribution in [0.15, 0.2) is 55.4 Å². The van der Waals surface area contributed by atoms with Crippen LogP contribution >= 0.6 is 0 Å².